The smallest absolute Gasteiger partial charge is 0.391 e. The van der Waals surface area contributed by atoms with Crippen LogP contribution < -0.4 is 5.32 Å². The van der Waals surface area contributed by atoms with Gasteiger partial charge in [0.15, 0.2) is 0 Å². The molecule has 0 rings (SSSR count). The second-order valence-corrected chi connectivity index (χ2v) is 26.7. The van der Waals surface area contributed by atoms with Gasteiger partial charge in [-0.1, -0.05) is 334 Å². The van der Waals surface area contributed by atoms with Crippen molar-refractivity contribution in [2.75, 3.05) is 40.9 Å². The van der Waals surface area contributed by atoms with Crippen LogP contribution in [0.2, 0.25) is 0 Å². The van der Waals surface area contributed by atoms with Crippen molar-refractivity contribution in [3.05, 3.63) is 24.3 Å². The van der Waals surface area contributed by atoms with E-state index in [0.717, 1.165) is 44.9 Å². The highest BCUT2D eigenvalue weighted by Crippen LogP contribution is 2.43. The Morgan fingerprint density at radius 2 is 0.731 bits per heavy atom. The van der Waals surface area contributed by atoms with Crippen molar-refractivity contribution < 1.29 is 32.9 Å². The Bertz CT molecular complexity index is 1320. The molecule has 0 aromatic heterocycles. The first-order chi connectivity index (χ1) is 38.0. The highest BCUT2D eigenvalue weighted by atomic mass is 31.2. The fourth-order valence-corrected chi connectivity index (χ4v) is 11.5. The quantitative estimate of drug-likeness (QED) is 0.0243. The fraction of sp³-hybridized carbons (Fsp3) is 0.928. The number of phosphoric ester groups is 1. The summed E-state index contributed by atoms with van der Waals surface area (Å²) >= 11 is 0. The zero-order valence-corrected chi connectivity index (χ0v) is 54.1. The number of allylic oxidation sites excluding steroid dienone is 4. The highest BCUT2D eigenvalue weighted by Gasteiger charge is 2.28. The Hall–Kier alpha value is -1.02. The Morgan fingerprint density at radius 1 is 0.436 bits per heavy atom. The zero-order valence-electron chi connectivity index (χ0n) is 53.2. The molecule has 1 amide bonds. The summed E-state index contributed by atoms with van der Waals surface area (Å²) in [4.78, 5) is 23.4. The van der Waals surface area contributed by atoms with E-state index in [4.69, 9.17) is 9.05 Å². The molecule has 3 unspecified atom stereocenters. The molecule has 0 aromatic rings. The highest BCUT2D eigenvalue weighted by molar-refractivity contribution is 7.47. The minimum absolute atomic E-state index is 0.0780. The molecule has 0 saturated carbocycles. The van der Waals surface area contributed by atoms with Gasteiger partial charge >= 0.3 is 7.82 Å². The standard InChI is InChI=1S/C69H137N2O6P/c1-6-8-10-12-14-16-18-20-22-24-26-27-28-29-30-31-32-33-34-35-36-37-38-39-40-41-42-43-45-47-49-51-53-55-57-59-61-63-69(73)70-67(66-77-78(74,75)76-65-64-71(3,4)5)68(72)62-60-58-56-54-52-50-48-46-44-25-23-21-19-17-15-13-11-9-7-2/h18,20,24,26,67-68,72H,6-17,19,21-23,25,27-66H2,1-5H3,(H-,70,73,74,75)/p+1/b20-18-,26-24-. The van der Waals surface area contributed by atoms with Gasteiger partial charge in [-0.25, -0.2) is 4.57 Å². The van der Waals surface area contributed by atoms with E-state index in [1.165, 1.54) is 289 Å². The van der Waals surface area contributed by atoms with Gasteiger partial charge < -0.3 is 19.8 Å². The van der Waals surface area contributed by atoms with E-state index < -0.39 is 20.0 Å². The number of unbranched alkanes of at least 4 members (excludes halogenated alkanes) is 48. The predicted octanol–water partition coefficient (Wildman–Crippen LogP) is 21.9. The van der Waals surface area contributed by atoms with Crippen LogP contribution in [0.25, 0.3) is 0 Å². The summed E-state index contributed by atoms with van der Waals surface area (Å²) in [6.07, 6.45) is 78.5. The van der Waals surface area contributed by atoms with Crippen LogP contribution >= 0.6 is 7.82 Å². The topological polar surface area (TPSA) is 105 Å². The Kier molecular flexibility index (Phi) is 59.8. The van der Waals surface area contributed by atoms with Crippen LogP contribution in [-0.4, -0.2) is 73.4 Å². The van der Waals surface area contributed by atoms with Crippen molar-refractivity contribution in [1.29, 1.82) is 0 Å². The molecule has 0 radical (unpaired) electrons. The molecule has 0 fully saturated rings. The SMILES string of the molecule is CCCCCCC/C=C\C/C=C\CCCCCCCCCCCCCCCCCCCCCCCCCCCC(=O)NC(COP(=O)(O)OCC[N+](C)(C)C)C(O)CCCCCCCCCCCCCCCCCCCCC. The van der Waals surface area contributed by atoms with Gasteiger partial charge in [-0.15, -0.1) is 0 Å². The Balaban J connectivity index is 3.91. The van der Waals surface area contributed by atoms with Gasteiger partial charge in [0.25, 0.3) is 0 Å². The van der Waals surface area contributed by atoms with Crippen molar-refractivity contribution in [1.82, 2.24) is 5.32 Å². The number of aliphatic hydroxyl groups excluding tert-OH is 1. The van der Waals surface area contributed by atoms with E-state index in [9.17, 15) is 19.4 Å². The number of hydrogen-bond donors (Lipinski definition) is 3. The van der Waals surface area contributed by atoms with Gasteiger partial charge in [-0.3, -0.25) is 13.8 Å². The number of carbonyl (C=O) groups is 1. The molecule has 0 spiro atoms. The normalized spacial score (nSPS) is 13.8. The molecule has 3 atom stereocenters. The zero-order chi connectivity index (χ0) is 57.0. The van der Waals surface area contributed by atoms with Gasteiger partial charge in [-0.05, 0) is 44.9 Å². The van der Waals surface area contributed by atoms with Gasteiger partial charge in [0, 0.05) is 6.42 Å². The van der Waals surface area contributed by atoms with Crippen LogP contribution in [0.1, 0.15) is 361 Å². The lowest BCUT2D eigenvalue weighted by Crippen LogP contribution is -2.46. The Labute approximate surface area is 487 Å². The molecule has 0 aliphatic rings. The van der Waals surface area contributed by atoms with Gasteiger partial charge in [0.05, 0.1) is 39.9 Å². The van der Waals surface area contributed by atoms with Gasteiger partial charge in [-0.2, -0.15) is 0 Å². The van der Waals surface area contributed by atoms with Crippen LogP contribution in [0.3, 0.4) is 0 Å². The summed E-state index contributed by atoms with van der Waals surface area (Å²) in [6.45, 7) is 4.93. The minimum atomic E-state index is -4.32. The first-order valence-electron chi connectivity index (χ1n) is 34.7. The van der Waals surface area contributed by atoms with Crippen molar-refractivity contribution in [2.24, 2.45) is 0 Å². The summed E-state index contributed by atoms with van der Waals surface area (Å²) in [7, 11) is 1.64. The van der Waals surface area contributed by atoms with Crippen molar-refractivity contribution in [3.8, 4) is 0 Å². The number of likely N-dealkylation sites (N-methyl/N-ethyl adjacent to an activating group) is 1. The lowest BCUT2D eigenvalue weighted by Gasteiger charge is -2.26. The van der Waals surface area contributed by atoms with Crippen molar-refractivity contribution >= 4 is 13.7 Å². The molecule has 0 aromatic carbocycles. The third-order valence-corrected chi connectivity index (χ3v) is 17.2. The number of hydrogen-bond acceptors (Lipinski definition) is 5. The molecule has 0 aliphatic carbocycles. The van der Waals surface area contributed by atoms with E-state index in [-0.39, 0.29) is 19.1 Å². The minimum Gasteiger partial charge on any atom is -0.391 e. The largest absolute Gasteiger partial charge is 0.472 e. The molecule has 78 heavy (non-hydrogen) atoms. The van der Waals surface area contributed by atoms with E-state index in [1.54, 1.807) is 0 Å². The van der Waals surface area contributed by atoms with E-state index in [0.29, 0.717) is 23.9 Å². The lowest BCUT2D eigenvalue weighted by atomic mass is 10.0. The molecule has 0 heterocycles. The second-order valence-electron chi connectivity index (χ2n) is 25.3. The molecule has 3 N–H and O–H groups in total. The molecule has 0 bridgehead atoms. The monoisotopic (exact) mass is 1120 g/mol. The molecular weight excluding hydrogens is 984 g/mol. The number of quaternary nitrogens is 1. The maximum Gasteiger partial charge on any atom is 0.472 e. The first-order valence-corrected chi connectivity index (χ1v) is 36.2. The molecule has 8 nitrogen and oxygen atoms in total. The van der Waals surface area contributed by atoms with E-state index in [1.807, 2.05) is 21.1 Å². The lowest BCUT2D eigenvalue weighted by molar-refractivity contribution is -0.870. The summed E-state index contributed by atoms with van der Waals surface area (Å²) in [5.41, 5.74) is 0. The summed E-state index contributed by atoms with van der Waals surface area (Å²) in [5, 5.41) is 14.1. The van der Waals surface area contributed by atoms with Crippen LogP contribution in [0.5, 0.6) is 0 Å². The van der Waals surface area contributed by atoms with Crippen LogP contribution in [-0.2, 0) is 18.4 Å². The maximum absolute atomic E-state index is 13.1. The third kappa shape index (κ3) is 62.6. The molecule has 464 valence electrons. The molecule has 9 heteroatoms. The molecule has 0 saturated heterocycles. The number of aliphatic hydroxyl groups is 1. The van der Waals surface area contributed by atoms with Crippen molar-refractivity contribution in [2.45, 2.75) is 373 Å². The van der Waals surface area contributed by atoms with Gasteiger partial charge in [0.2, 0.25) is 5.91 Å². The number of rotatable bonds is 65. The number of nitrogens with one attached hydrogen (secondary N) is 1. The summed E-state index contributed by atoms with van der Waals surface area (Å²) < 4.78 is 23.9. The van der Waals surface area contributed by atoms with E-state index in [2.05, 4.69) is 43.5 Å². The summed E-state index contributed by atoms with van der Waals surface area (Å²) in [6, 6.07) is -0.758. The van der Waals surface area contributed by atoms with Crippen LogP contribution in [0.4, 0.5) is 0 Å². The predicted molar refractivity (Wildman–Crippen MR) is 342 cm³/mol. The second kappa shape index (κ2) is 60.6. The molecular formula is C69H138N2O6P+. The van der Waals surface area contributed by atoms with Crippen molar-refractivity contribution in [3.63, 3.8) is 0 Å². The third-order valence-electron chi connectivity index (χ3n) is 16.2. The van der Waals surface area contributed by atoms with Crippen LogP contribution in [0, 0.1) is 0 Å². The fourth-order valence-electron chi connectivity index (χ4n) is 10.8. The number of amides is 1. The number of carbonyl (C=O) groups excluding carboxylic acids is 1. The number of nitrogens with zero attached hydrogens (tertiary/aromatic N) is 1. The number of phosphoric acid groups is 1. The molecule has 0 aliphatic heterocycles. The summed E-state index contributed by atoms with van der Waals surface area (Å²) in [5.74, 6) is -0.136. The van der Waals surface area contributed by atoms with Crippen LogP contribution in [0.15, 0.2) is 24.3 Å². The average Bonchev–Trinajstić information content (AvgIpc) is 3.41. The van der Waals surface area contributed by atoms with Gasteiger partial charge in [0.1, 0.15) is 13.2 Å². The van der Waals surface area contributed by atoms with E-state index >= 15 is 0 Å². The average molecular weight is 1120 g/mol. The maximum atomic E-state index is 13.1. The first kappa shape index (κ1) is 77.0. The Morgan fingerprint density at radius 3 is 1.05 bits per heavy atom.